The van der Waals surface area contributed by atoms with Gasteiger partial charge < -0.3 is 4.90 Å². The van der Waals surface area contributed by atoms with Crippen LogP contribution in [0.3, 0.4) is 0 Å². The standard InChI is InChI=1S/C12H13F4N/c1-2-17-5-7(6-17)10(14)8-3-4-9(13)12(16)11(8)15/h3-4,7,10H,2,5-6H2,1H3. The van der Waals surface area contributed by atoms with Gasteiger partial charge in [0.25, 0.3) is 0 Å². The van der Waals surface area contributed by atoms with Crippen molar-refractivity contribution in [1.29, 1.82) is 0 Å². The molecule has 0 radical (unpaired) electrons. The van der Waals surface area contributed by atoms with Gasteiger partial charge in [-0.25, -0.2) is 17.6 Å². The predicted molar refractivity (Wildman–Crippen MR) is 55.8 cm³/mol. The third-order valence-corrected chi connectivity index (χ3v) is 3.21. The number of hydrogen-bond acceptors (Lipinski definition) is 1. The fraction of sp³-hybridized carbons (Fsp3) is 0.500. The predicted octanol–water partition coefficient (Wildman–Crippen LogP) is 3.07. The second-order valence-corrected chi connectivity index (χ2v) is 4.28. The zero-order valence-electron chi connectivity index (χ0n) is 9.39. The topological polar surface area (TPSA) is 3.24 Å². The number of nitrogens with zero attached hydrogens (tertiary/aromatic N) is 1. The SMILES string of the molecule is CCN1CC(C(F)c2ccc(F)c(F)c2F)C1. The Kier molecular flexibility index (Phi) is 3.38. The molecular weight excluding hydrogens is 234 g/mol. The lowest BCUT2D eigenvalue weighted by Crippen LogP contribution is -2.48. The highest BCUT2D eigenvalue weighted by Gasteiger charge is 2.35. The number of halogens is 4. The third kappa shape index (κ3) is 2.16. The maximum absolute atomic E-state index is 13.9. The highest BCUT2D eigenvalue weighted by Crippen LogP contribution is 2.35. The van der Waals surface area contributed by atoms with Crippen LogP contribution in [0.4, 0.5) is 17.6 Å². The zero-order valence-corrected chi connectivity index (χ0v) is 9.39. The van der Waals surface area contributed by atoms with Crippen LogP contribution in [0.25, 0.3) is 0 Å². The van der Waals surface area contributed by atoms with Crippen LogP contribution in [-0.4, -0.2) is 24.5 Å². The Morgan fingerprint density at radius 2 is 1.88 bits per heavy atom. The molecule has 1 aromatic rings. The fourth-order valence-corrected chi connectivity index (χ4v) is 2.06. The van der Waals surface area contributed by atoms with Crippen LogP contribution in [0.2, 0.25) is 0 Å². The van der Waals surface area contributed by atoms with Crippen LogP contribution >= 0.6 is 0 Å². The number of likely N-dealkylation sites (tertiary alicyclic amines) is 1. The van der Waals surface area contributed by atoms with Crippen LogP contribution in [0, 0.1) is 23.4 Å². The molecule has 94 valence electrons. The summed E-state index contributed by atoms with van der Waals surface area (Å²) in [5.74, 6) is -4.64. The van der Waals surface area contributed by atoms with Crippen molar-refractivity contribution < 1.29 is 17.6 Å². The second-order valence-electron chi connectivity index (χ2n) is 4.28. The minimum atomic E-state index is -1.60. The Labute approximate surface area is 97.0 Å². The molecule has 0 saturated carbocycles. The van der Waals surface area contributed by atoms with Crippen molar-refractivity contribution in [2.24, 2.45) is 5.92 Å². The van der Waals surface area contributed by atoms with Gasteiger partial charge in [-0.15, -0.1) is 0 Å². The molecule has 0 bridgehead atoms. The number of rotatable bonds is 3. The van der Waals surface area contributed by atoms with Gasteiger partial charge in [0.1, 0.15) is 6.17 Å². The smallest absolute Gasteiger partial charge is 0.194 e. The normalized spacial score (nSPS) is 19.1. The van der Waals surface area contributed by atoms with Crippen molar-refractivity contribution in [1.82, 2.24) is 4.90 Å². The first-order valence-corrected chi connectivity index (χ1v) is 5.54. The molecule has 1 fully saturated rings. The summed E-state index contributed by atoms with van der Waals surface area (Å²) in [7, 11) is 0. The summed E-state index contributed by atoms with van der Waals surface area (Å²) in [5, 5.41) is 0. The average Bonchev–Trinajstić information content (AvgIpc) is 2.24. The summed E-state index contributed by atoms with van der Waals surface area (Å²) in [6, 6.07) is 1.74. The second kappa shape index (κ2) is 4.64. The Morgan fingerprint density at radius 3 is 2.47 bits per heavy atom. The van der Waals surface area contributed by atoms with Crippen LogP contribution in [-0.2, 0) is 0 Å². The lowest BCUT2D eigenvalue weighted by molar-refractivity contribution is 0.0409. The fourth-order valence-electron chi connectivity index (χ4n) is 2.06. The third-order valence-electron chi connectivity index (χ3n) is 3.21. The molecule has 0 N–H and O–H groups in total. The first kappa shape index (κ1) is 12.4. The van der Waals surface area contributed by atoms with Crippen molar-refractivity contribution in [2.45, 2.75) is 13.1 Å². The van der Waals surface area contributed by atoms with E-state index in [2.05, 4.69) is 0 Å². The van der Waals surface area contributed by atoms with Crippen LogP contribution in [0.15, 0.2) is 12.1 Å². The van der Waals surface area contributed by atoms with Crippen molar-refractivity contribution in [3.8, 4) is 0 Å². The van der Waals surface area contributed by atoms with Gasteiger partial charge in [0.2, 0.25) is 0 Å². The van der Waals surface area contributed by atoms with Gasteiger partial charge in [-0.3, -0.25) is 0 Å². The van der Waals surface area contributed by atoms with E-state index in [4.69, 9.17) is 0 Å². The number of benzene rings is 1. The molecule has 1 atom stereocenters. The zero-order chi connectivity index (χ0) is 12.6. The van der Waals surface area contributed by atoms with E-state index in [0.717, 1.165) is 18.7 Å². The van der Waals surface area contributed by atoms with Gasteiger partial charge >= 0.3 is 0 Å². The molecule has 1 aliphatic rings. The van der Waals surface area contributed by atoms with Gasteiger partial charge in [0.15, 0.2) is 17.5 Å². The van der Waals surface area contributed by atoms with Crippen LogP contribution in [0.5, 0.6) is 0 Å². The summed E-state index contributed by atoms with van der Waals surface area (Å²) in [6.07, 6.45) is -1.58. The molecule has 0 amide bonds. The van der Waals surface area contributed by atoms with E-state index in [1.54, 1.807) is 0 Å². The van der Waals surface area contributed by atoms with Crippen LogP contribution < -0.4 is 0 Å². The van der Waals surface area contributed by atoms with E-state index in [1.165, 1.54) is 0 Å². The number of hydrogen-bond donors (Lipinski definition) is 0. The summed E-state index contributed by atoms with van der Waals surface area (Å²) < 4.78 is 52.9. The van der Waals surface area contributed by atoms with Gasteiger partial charge in [0.05, 0.1) is 0 Å². The van der Waals surface area contributed by atoms with Gasteiger partial charge in [-0.05, 0) is 12.6 Å². The molecule has 1 heterocycles. The molecule has 0 aliphatic carbocycles. The molecule has 1 nitrogen and oxygen atoms in total. The molecule has 1 saturated heterocycles. The minimum Gasteiger partial charge on any atom is -0.303 e. The molecule has 0 spiro atoms. The van der Waals surface area contributed by atoms with E-state index in [-0.39, 0.29) is 11.5 Å². The van der Waals surface area contributed by atoms with Gasteiger partial charge in [-0.2, -0.15) is 0 Å². The summed E-state index contributed by atoms with van der Waals surface area (Å²) >= 11 is 0. The van der Waals surface area contributed by atoms with Gasteiger partial charge in [-0.1, -0.05) is 13.0 Å². The van der Waals surface area contributed by atoms with Gasteiger partial charge in [0, 0.05) is 24.6 Å². The van der Waals surface area contributed by atoms with Crippen LogP contribution in [0.1, 0.15) is 18.7 Å². The van der Waals surface area contributed by atoms with E-state index in [9.17, 15) is 17.6 Å². The first-order chi connectivity index (χ1) is 8.04. The molecule has 2 rings (SSSR count). The largest absolute Gasteiger partial charge is 0.303 e. The monoisotopic (exact) mass is 247 g/mol. The van der Waals surface area contributed by atoms with E-state index in [0.29, 0.717) is 13.1 Å². The Hall–Kier alpha value is -1.10. The summed E-state index contributed by atoms with van der Waals surface area (Å²) in [6.45, 7) is 3.80. The van der Waals surface area contributed by atoms with E-state index < -0.39 is 23.6 Å². The van der Waals surface area contributed by atoms with Crippen molar-refractivity contribution in [3.63, 3.8) is 0 Å². The molecular formula is C12H13F4N. The van der Waals surface area contributed by atoms with Crippen molar-refractivity contribution >= 4 is 0 Å². The molecule has 5 heteroatoms. The maximum atomic E-state index is 13.9. The van der Waals surface area contributed by atoms with E-state index >= 15 is 0 Å². The number of alkyl halides is 1. The lowest BCUT2D eigenvalue weighted by Gasteiger charge is -2.40. The minimum absolute atomic E-state index is 0.339. The molecule has 1 aliphatic heterocycles. The summed E-state index contributed by atoms with van der Waals surface area (Å²) in [5.41, 5.74) is -0.385. The highest BCUT2D eigenvalue weighted by atomic mass is 19.2. The Morgan fingerprint density at radius 1 is 1.24 bits per heavy atom. The lowest BCUT2D eigenvalue weighted by atomic mass is 9.90. The Bertz CT molecular complexity index is 415. The molecule has 1 aromatic carbocycles. The maximum Gasteiger partial charge on any atom is 0.194 e. The van der Waals surface area contributed by atoms with E-state index in [1.807, 2.05) is 11.8 Å². The average molecular weight is 247 g/mol. The first-order valence-electron chi connectivity index (χ1n) is 5.54. The Balaban J connectivity index is 2.15. The molecule has 1 unspecified atom stereocenters. The summed E-state index contributed by atoms with van der Waals surface area (Å²) in [4.78, 5) is 2.00. The quantitative estimate of drug-likeness (QED) is 0.586. The van der Waals surface area contributed by atoms with Crippen molar-refractivity contribution in [2.75, 3.05) is 19.6 Å². The molecule has 0 aromatic heterocycles. The van der Waals surface area contributed by atoms with Crippen molar-refractivity contribution in [3.05, 3.63) is 35.1 Å². The highest BCUT2D eigenvalue weighted by molar-refractivity contribution is 5.23. The molecule has 17 heavy (non-hydrogen) atoms.